The van der Waals surface area contributed by atoms with E-state index >= 15 is 0 Å². The molecule has 1 aromatic heterocycles. The van der Waals surface area contributed by atoms with E-state index in [1.807, 2.05) is 24.3 Å². The first kappa shape index (κ1) is 15.4. The summed E-state index contributed by atoms with van der Waals surface area (Å²) in [6.07, 6.45) is 6.32. The van der Waals surface area contributed by atoms with Gasteiger partial charge in [0, 0.05) is 23.5 Å². The highest BCUT2D eigenvalue weighted by Crippen LogP contribution is 2.33. The molecule has 5 heteroatoms. The number of methoxy groups -OCH3 is 1. The number of rotatable bonds is 4. The largest absolute Gasteiger partial charge is 0.494 e. The van der Waals surface area contributed by atoms with Crippen molar-refractivity contribution >= 4 is 22.5 Å². The van der Waals surface area contributed by atoms with E-state index in [1.54, 1.807) is 13.3 Å². The highest BCUT2D eigenvalue weighted by atomic mass is 16.5. The van der Waals surface area contributed by atoms with Gasteiger partial charge in [0.05, 0.1) is 12.8 Å². The van der Waals surface area contributed by atoms with Crippen LogP contribution in [-0.2, 0) is 4.79 Å². The van der Waals surface area contributed by atoms with Crippen LogP contribution in [0.4, 0.5) is 5.69 Å². The summed E-state index contributed by atoms with van der Waals surface area (Å²) in [7, 11) is 1.63. The van der Waals surface area contributed by atoms with Crippen LogP contribution < -0.4 is 10.1 Å². The van der Waals surface area contributed by atoms with Crippen molar-refractivity contribution in [3.63, 3.8) is 0 Å². The average molecular weight is 325 g/mol. The van der Waals surface area contributed by atoms with Crippen LogP contribution in [-0.4, -0.2) is 42.0 Å². The van der Waals surface area contributed by atoms with E-state index < -0.39 is 0 Å². The van der Waals surface area contributed by atoms with Crippen molar-refractivity contribution in [2.24, 2.45) is 5.92 Å². The number of carbonyl (C=O) groups excluding carboxylic acids is 1. The first-order chi connectivity index (χ1) is 11.8. The molecule has 24 heavy (non-hydrogen) atoms. The first-order valence-corrected chi connectivity index (χ1v) is 8.73. The van der Waals surface area contributed by atoms with Gasteiger partial charge in [-0.2, -0.15) is 0 Å². The molecule has 0 radical (unpaired) electrons. The third-order valence-corrected chi connectivity index (χ3v) is 5.17. The highest BCUT2D eigenvalue weighted by Gasteiger charge is 2.33. The summed E-state index contributed by atoms with van der Waals surface area (Å²) < 4.78 is 5.36. The zero-order valence-electron chi connectivity index (χ0n) is 14.0. The Morgan fingerprint density at radius 2 is 2.00 bits per heavy atom. The number of fused-ring (bicyclic) bond motifs is 1. The van der Waals surface area contributed by atoms with E-state index in [2.05, 4.69) is 15.2 Å². The molecule has 1 N–H and O–H groups in total. The van der Waals surface area contributed by atoms with E-state index in [4.69, 9.17) is 4.74 Å². The van der Waals surface area contributed by atoms with Crippen LogP contribution in [0.5, 0.6) is 5.75 Å². The number of carbonyl (C=O) groups is 1. The minimum atomic E-state index is 0.105. The Kier molecular flexibility index (Phi) is 4.10. The summed E-state index contributed by atoms with van der Waals surface area (Å²) in [5, 5.41) is 4.03. The fourth-order valence-corrected chi connectivity index (χ4v) is 3.62. The molecule has 5 nitrogen and oxygen atoms in total. The van der Waals surface area contributed by atoms with Crippen LogP contribution in [0.15, 0.2) is 30.5 Å². The molecule has 2 heterocycles. The predicted molar refractivity (Wildman–Crippen MR) is 94.2 cm³/mol. The minimum Gasteiger partial charge on any atom is -0.494 e. The van der Waals surface area contributed by atoms with Gasteiger partial charge < -0.3 is 15.0 Å². The molecule has 0 atom stereocenters. The molecular weight excluding hydrogens is 302 g/mol. The van der Waals surface area contributed by atoms with Gasteiger partial charge in [-0.15, -0.1) is 0 Å². The lowest BCUT2D eigenvalue weighted by Gasteiger charge is -2.31. The molecule has 2 fully saturated rings. The molecule has 1 saturated carbocycles. The van der Waals surface area contributed by atoms with Gasteiger partial charge in [0.15, 0.2) is 0 Å². The molecule has 2 aromatic rings. The van der Waals surface area contributed by atoms with Crippen molar-refractivity contribution in [2.45, 2.75) is 31.7 Å². The molecule has 4 rings (SSSR count). The topological polar surface area (TPSA) is 54.5 Å². The number of amides is 1. The van der Waals surface area contributed by atoms with E-state index in [0.29, 0.717) is 0 Å². The van der Waals surface area contributed by atoms with Gasteiger partial charge in [0.1, 0.15) is 11.3 Å². The predicted octanol–water partition coefficient (Wildman–Crippen LogP) is 3.06. The van der Waals surface area contributed by atoms with Gasteiger partial charge in [-0.1, -0.05) is 0 Å². The number of aromatic nitrogens is 1. The monoisotopic (exact) mass is 325 g/mol. The normalized spacial score (nSPS) is 19.4. The standard InChI is InChI=1S/C19H23N3O2/c1-24-17-7-6-16(15-3-2-10-20-18(15)17)21-19(23)13-8-11-22(12-9-13)14-4-5-14/h2-3,6-7,10,13-14H,4-5,8-9,11-12H2,1H3,(H,21,23). The van der Waals surface area contributed by atoms with E-state index in [9.17, 15) is 4.79 Å². The Morgan fingerprint density at radius 3 is 2.71 bits per heavy atom. The van der Waals surface area contributed by atoms with Crippen molar-refractivity contribution in [2.75, 3.05) is 25.5 Å². The number of benzene rings is 1. The van der Waals surface area contributed by atoms with Crippen molar-refractivity contribution in [3.8, 4) is 5.75 Å². The molecule has 0 spiro atoms. The van der Waals surface area contributed by atoms with Crippen LogP contribution in [0.1, 0.15) is 25.7 Å². The first-order valence-electron chi connectivity index (χ1n) is 8.73. The lowest BCUT2D eigenvalue weighted by Crippen LogP contribution is -2.39. The van der Waals surface area contributed by atoms with Gasteiger partial charge in [-0.05, 0) is 63.0 Å². The molecule has 1 aliphatic carbocycles. The Hall–Kier alpha value is -2.14. The SMILES string of the molecule is COc1ccc(NC(=O)C2CCN(C3CC3)CC2)c2cccnc12. The maximum Gasteiger partial charge on any atom is 0.227 e. The fourth-order valence-electron chi connectivity index (χ4n) is 3.62. The molecule has 1 amide bonds. The Labute approximate surface area is 142 Å². The third-order valence-electron chi connectivity index (χ3n) is 5.17. The number of nitrogens with one attached hydrogen (secondary N) is 1. The van der Waals surface area contributed by atoms with Gasteiger partial charge >= 0.3 is 0 Å². The molecule has 0 unspecified atom stereocenters. The number of ether oxygens (including phenoxy) is 1. The van der Waals surface area contributed by atoms with Gasteiger partial charge in [0.2, 0.25) is 5.91 Å². The van der Waals surface area contributed by atoms with Crippen LogP contribution >= 0.6 is 0 Å². The Morgan fingerprint density at radius 1 is 1.21 bits per heavy atom. The maximum atomic E-state index is 12.7. The van der Waals surface area contributed by atoms with Crippen molar-refractivity contribution < 1.29 is 9.53 Å². The van der Waals surface area contributed by atoms with Gasteiger partial charge in [0.25, 0.3) is 0 Å². The lowest BCUT2D eigenvalue weighted by molar-refractivity contribution is -0.121. The molecule has 126 valence electrons. The second-order valence-electron chi connectivity index (χ2n) is 6.75. The molecule has 2 aliphatic rings. The number of hydrogen-bond acceptors (Lipinski definition) is 4. The zero-order chi connectivity index (χ0) is 16.5. The molecule has 0 bridgehead atoms. The molecule has 1 aromatic carbocycles. The molecule has 1 saturated heterocycles. The van der Waals surface area contributed by atoms with Crippen LogP contribution in [0.3, 0.4) is 0 Å². The minimum absolute atomic E-state index is 0.105. The lowest BCUT2D eigenvalue weighted by atomic mass is 9.95. The summed E-state index contributed by atoms with van der Waals surface area (Å²) >= 11 is 0. The average Bonchev–Trinajstić information content (AvgIpc) is 3.47. The number of nitrogens with zero attached hydrogens (tertiary/aromatic N) is 2. The summed E-state index contributed by atoms with van der Waals surface area (Å²) in [5.41, 5.74) is 1.59. The maximum absolute atomic E-state index is 12.7. The smallest absolute Gasteiger partial charge is 0.227 e. The third kappa shape index (κ3) is 2.96. The number of hydrogen-bond donors (Lipinski definition) is 1. The second kappa shape index (κ2) is 6.40. The zero-order valence-corrected chi connectivity index (χ0v) is 14.0. The summed E-state index contributed by atoms with van der Waals surface area (Å²) in [5.74, 6) is 0.955. The van der Waals surface area contributed by atoms with Crippen molar-refractivity contribution in [3.05, 3.63) is 30.5 Å². The van der Waals surface area contributed by atoms with Gasteiger partial charge in [-0.25, -0.2) is 0 Å². The number of anilines is 1. The van der Waals surface area contributed by atoms with Gasteiger partial charge in [-0.3, -0.25) is 9.78 Å². The fraction of sp³-hybridized carbons (Fsp3) is 0.474. The van der Waals surface area contributed by atoms with Crippen LogP contribution in [0.25, 0.3) is 10.9 Å². The van der Waals surface area contributed by atoms with Crippen LogP contribution in [0.2, 0.25) is 0 Å². The van der Waals surface area contributed by atoms with E-state index in [1.165, 1.54) is 12.8 Å². The molecule has 1 aliphatic heterocycles. The quantitative estimate of drug-likeness (QED) is 0.939. The number of piperidine rings is 1. The Balaban J connectivity index is 1.49. The Bertz CT molecular complexity index is 749. The number of pyridine rings is 1. The van der Waals surface area contributed by atoms with Crippen LogP contribution in [0, 0.1) is 5.92 Å². The summed E-state index contributed by atoms with van der Waals surface area (Å²) in [4.78, 5) is 19.6. The van der Waals surface area contributed by atoms with Crippen molar-refractivity contribution in [1.82, 2.24) is 9.88 Å². The summed E-state index contributed by atoms with van der Waals surface area (Å²) in [6, 6.07) is 8.41. The van der Waals surface area contributed by atoms with E-state index in [0.717, 1.165) is 54.3 Å². The number of likely N-dealkylation sites (tertiary alicyclic amines) is 1. The van der Waals surface area contributed by atoms with E-state index in [-0.39, 0.29) is 11.8 Å². The second-order valence-corrected chi connectivity index (χ2v) is 6.75. The van der Waals surface area contributed by atoms with Crippen molar-refractivity contribution in [1.29, 1.82) is 0 Å². The highest BCUT2D eigenvalue weighted by molar-refractivity contribution is 6.03. The summed E-state index contributed by atoms with van der Waals surface area (Å²) in [6.45, 7) is 2.10. The molecular formula is C19H23N3O2.